The molecule has 0 aromatic heterocycles. The van der Waals surface area contributed by atoms with Crippen LogP contribution in [0, 0.1) is 5.41 Å². The average molecular weight is 262 g/mol. The monoisotopic (exact) mass is 262 g/mol. The van der Waals surface area contributed by atoms with Crippen LogP contribution >= 0.6 is 0 Å². The van der Waals surface area contributed by atoms with Gasteiger partial charge in [0.25, 0.3) is 0 Å². The standard InChI is InChI=1S/C15H22N2O2/c1-15(7-4-8-15)11-16-10-14(18)17-12-5-3-6-13(9-12)19-2/h3,5-6,9,16H,4,7-8,10-11H2,1-2H3,(H,17,18). The first-order valence-corrected chi connectivity index (χ1v) is 6.76. The highest BCUT2D eigenvalue weighted by Gasteiger charge is 2.31. The number of amides is 1. The fourth-order valence-electron chi connectivity index (χ4n) is 2.34. The molecule has 4 heteroatoms. The number of anilines is 1. The van der Waals surface area contributed by atoms with Gasteiger partial charge in [0, 0.05) is 18.3 Å². The Morgan fingerprint density at radius 2 is 2.21 bits per heavy atom. The quantitative estimate of drug-likeness (QED) is 0.827. The minimum Gasteiger partial charge on any atom is -0.497 e. The minimum atomic E-state index is -0.0174. The number of rotatable bonds is 6. The summed E-state index contributed by atoms with van der Waals surface area (Å²) < 4.78 is 5.12. The lowest BCUT2D eigenvalue weighted by atomic mass is 9.70. The van der Waals surface area contributed by atoms with Crippen molar-refractivity contribution in [1.29, 1.82) is 0 Å². The highest BCUT2D eigenvalue weighted by Crippen LogP contribution is 2.39. The van der Waals surface area contributed by atoms with Gasteiger partial charge in [0.05, 0.1) is 13.7 Å². The first-order chi connectivity index (χ1) is 9.11. The van der Waals surface area contributed by atoms with Crippen molar-refractivity contribution in [3.05, 3.63) is 24.3 Å². The predicted octanol–water partition coefficient (Wildman–Crippen LogP) is 2.41. The third-order valence-electron chi connectivity index (χ3n) is 3.75. The molecule has 0 radical (unpaired) electrons. The third-order valence-corrected chi connectivity index (χ3v) is 3.75. The van der Waals surface area contributed by atoms with E-state index in [9.17, 15) is 4.79 Å². The topological polar surface area (TPSA) is 50.4 Å². The van der Waals surface area contributed by atoms with Crippen molar-refractivity contribution in [3.8, 4) is 5.75 Å². The first-order valence-electron chi connectivity index (χ1n) is 6.76. The molecule has 0 aliphatic heterocycles. The Bertz CT molecular complexity index is 442. The second kappa shape index (κ2) is 6.06. The van der Waals surface area contributed by atoms with Gasteiger partial charge in [0.15, 0.2) is 0 Å². The van der Waals surface area contributed by atoms with E-state index in [-0.39, 0.29) is 5.91 Å². The summed E-state index contributed by atoms with van der Waals surface area (Å²) in [6.45, 7) is 3.54. The van der Waals surface area contributed by atoms with E-state index in [0.29, 0.717) is 12.0 Å². The maximum Gasteiger partial charge on any atom is 0.238 e. The molecule has 2 rings (SSSR count). The van der Waals surface area contributed by atoms with Gasteiger partial charge in [0.1, 0.15) is 5.75 Å². The summed E-state index contributed by atoms with van der Waals surface area (Å²) in [5.41, 5.74) is 1.16. The van der Waals surface area contributed by atoms with Crippen LogP contribution in [-0.4, -0.2) is 26.1 Å². The normalized spacial score (nSPS) is 16.5. The summed E-state index contributed by atoms with van der Waals surface area (Å²) in [6.07, 6.45) is 3.84. The first kappa shape index (κ1) is 13.9. The Hall–Kier alpha value is -1.55. The second-order valence-corrected chi connectivity index (χ2v) is 5.55. The van der Waals surface area contributed by atoms with Crippen molar-refractivity contribution < 1.29 is 9.53 Å². The summed E-state index contributed by atoms with van der Waals surface area (Å²) in [5.74, 6) is 0.726. The van der Waals surface area contributed by atoms with Gasteiger partial charge in [-0.15, -0.1) is 0 Å². The lowest BCUT2D eigenvalue weighted by molar-refractivity contribution is -0.115. The molecule has 104 valence electrons. The van der Waals surface area contributed by atoms with Crippen molar-refractivity contribution in [2.45, 2.75) is 26.2 Å². The second-order valence-electron chi connectivity index (χ2n) is 5.55. The van der Waals surface area contributed by atoms with Crippen LogP contribution < -0.4 is 15.4 Å². The molecule has 1 aliphatic carbocycles. The van der Waals surface area contributed by atoms with Crippen LogP contribution in [0.15, 0.2) is 24.3 Å². The predicted molar refractivity (Wildman–Crippen MR) is 76.5 cm³/mol. The Kier molecular flexibility index (Phi) is 4.43. The van der Waals surface area contributed by atoms with E-state index in [1.54, 1.807) is 7.11 Å². The van der Waals surface area contributed by atoms with Crippen molar-refractivity contribution >= 4 is 11.6 Å². The molecular formula is C15H22N2O2. The van der Waals surface area contributed by atoms with E-state index in [1.165, 1.54) is 19.3 Å². The lowest BCUT2D eigenvalue weighted by Gasteiger charge is -2.38. The van der Waals surface area contributed by atoms with Crippen LogP contribution in [-0.2, 0) is 4.79 Å². The van der Waals surface area contributed by atoms with Crippen LogP contribution in [0.4, 0.5) is 5.69 Å². The molecule has 2 N–H and O–H groups in total. The zero-order chi connectivity index (χ0) is 13.7. The number of hydrogen-bond donors (Lipinski definition) is 2. The molecule has 0 unspecified atom stereocenters. The van der Waals surface area contributed by atoms with Gasteiger partial charge in [-0.05, 0) is 30.4 Å². The van der Waals surface area contributed by atoms with Gasteiger partial charge in [-0.25, -0.2) is 0 Å². The van der Waals surface area contributed by atoms with E-state index in [1.807, 2.05) is 24.3 Å². The molecule has 19 heavy (non-hydrogen) atoms. The highest BCUT2D eigenvalue weighted by atomic mass is 16.5. The fraction of sp³-hybridized carbons (Fsp3) is 0.533. The summed E-state index contributed by atoms with van der Waals surface area (Å²) in [6, 6.07) is 7.38. The summed E-state index contributed by atoms with van der Waals surface area (Å²) >= 11 is 0. The Morgan fingerprint density at radius 1 is 1.42 bits per heavy atom. The van der Waals surface area contributed by atoms with E-state index < -0.39 is 0 Å². The molecular weight excluding hydrogens is 240 g/mol. The fourth-order valence-corrected chi connectivity index (χ4v) is 2.34. The maximum absolute atomic E-state index is 11.8. The zero-order valence-electron chi connectivity index (χ0n) is 11.7. The number of methoxy groups -OCH3 is 1. The smallest absolute Gasteiger partial charge is 0.238 e. The number of benzene rings is 1. The molecule has 0 bridgehead atoms. The zero-order valence-corrected chi connectivity index (χ0v) is 11.7. The number of nitrogens with one attached hydrogen (secondary N) is 2. The molecule has 0 heterocycles. The van der Waals surface area contributed by atoms with Gasteiger partial charge in [0.2, 0.25) is 5.91 Å². The van der Waals surface area contributed by atoms with Crippen LogP contribution in [0.5, 0.6) is 5.75 Å². The minimum absolute atomic E-state index is 0.0174. The molecule has 1 saturated carbocycles. The van der Waals surface area contributed by atoms with Gasteiger partial charge >= 0.3 is 0 Å². The number of ether oxygens (including phenoxy) is 1. The van der Waals surface area contributed by atoms with Crippen molar-refractivity contribution in [2.24, 2.45) is 5.41 Å². The Morgan fingerprint density at radius 3 is 2.84 bits per heavy atom. The van der Waals surface area contributed by atoms with Gasteiger partial charge in [-0.1, -0.05) is 19.4 Å². The van der Waals surface area contributed by atoms with Crippen LogP contribution in [0.3, 0.4) is 0 Å². The molecule has 0 spiro atoms. The number of carbonyl (C=O) groups is 1. The SMILES string of the molecule is COc1cccc(NC(=O)CNCC2(C)CCC2)c1. The van der Waals surface area contributed by atoms with Crippen molar-refractivity contribution in [3.63, 3.8) is 0 Å². The largest absolute Gasteiger partial charge is 0.497 e. The molecule has 1 amide bonds. The molecule has 1 aromatic carbocycles. The maximum atomic E-state index is 11.8. The molecule has 1 aromatic rings. The number of carbonyl (C=O) groups excluding carboxylic acids is 1. The summed E-state index contributed by atoms with van der Waals surface area (Å²) in [5, 5.41) is 6.09. The molecule has 4 nitrogen and oxygen atoms in total. The van der Waals surface area contributed by atoms with E-state index in [0.717, 1.165) is 18.0 Å². The summed E-state index contributed by atoms with van der Waals surface area (Å²) in [7, 11) is 1.61. The molecule has 0 saturated heterocycles. The number of hydrogen-bond acceptors (Lipinski definition) is 3. The van der Waals surface area contributed by atoms with E-state index >= 15 is 0 Å². The molecule has 1 fully saturated rings. The third kappa shape index (κ3) is 3.96. The van der Waals surface area contributed by atoms with Gasteiger partial charge < -0.3 is 15.4 Å². The van der Waals surface area contributed by atoms with Gasteiger partial charge in [-0.3, -0.25) is 4.79 Å². The van der Waals surface area contributed by atoms with Crippen molar-refractivity contribution in [2.75, 3.05) is 25.5 Å². The Balaban J connectivity index is 1.74. The van der Waals surface area contributed by atoms with Gasteiger partial charge in [-0.2, -0.15) is 0 Å². The van der Waals surface area contributed by atoms with E-state index in [2.05, 4.69) is 17.6 Å². The van der Waals surface area contributed by atoms with E-state index in [4.69, 9.17) is 4.74 Å². The Labute approximate surface area is 114 Å². The molecule has 0 atom stereocenters. The average Bonchev–Trinajstić information content (AvgIpc) is 2.37. The van der Waals surface area contributed by atoms with Crippen LogP contribution in [0.1, 0.15) is 26.2 Å². The van der Waals surface area contributed by atoms with Crippen LogP contribution in [0.2, 0.25) is 0 Å². The summed E-state index contributed by atoms with van der Waals surface area (Å²) in [4.78, 5) is 11.8. The van der Waals surface area contributed by atoms with Crippen LogP contribution in [0.25, 0.3) is 0 Å². The highest BCUT2D eigenvalue weighted by molar-refractivity contribution is 5.92. The molecule has 1 aliphatic rings. The lowest BCUT2D eigenvalue weighted by Crippen LogP contribution is -2.40. The van der Waals surface area contributed by atoms with Crippen molar-refractivity contribution in [1.82, 2.24) is 5.32 Å².